The predicted octanol–water partition coefficient (Wildman–Crippen LogP) is 2.58. The lowest BCUT2D eigenvalue weighted by atomic mass is 9.75. The quantitative estimate of drug-likeness (QED) is 0.673. The first-order chi connectivity index (χ1) is 12.6. The number of hydrogen-bond donors (Lipinski definition) is 3. The van der Waals surface area contributed by atoms with Gasteiger partial charge < -0.3 is 15.5 Å². The molecule has 2 aromatic heterocycles. The maximum absolute atomic E-state index is 12.6. The van der Waals surface area contributed by atoms with Crippen LogP contribution in [0.2, 0.25) is 0 Å². The maximum atomic E-state index is 12.6. The van der Waals surface area contributed by atoms with E-state index in [0.29, 0.717) is 12.8 Å². The Labute approximate surface area is 150 Å². The third-order valence-corrected chi connectivity index (χ3v) is 4.86. The van der Waals surface area contributed by atoms with Crippen molar-refractivity contribution in [3.05, 3.63) is 66.1 Å². The van der Waals surface area contributed by atoms with Crippen molar-refractivity contribution in [2.24, 2.45) is 5.92 Å². The van der Waals surface area contributed by atoms with E-state index in [1.165, 1.54) is 18.3 Å². The van der Waals surface area contributed by atoms with Crippen LogP contribution in [-0.2, 0) is 0 Å². The van der Waals surface area contributed by atoms with Gasteiger partial charge in [0.15, 0.2) is 0 Å². The number of aliphatic hydroxyl groups excluding tert-OH is 1. The summed E-state index contributed by atoms with van der Waals surface area (Å²) >= 11 is 0. The lowest BCUT2D eigenvalue weighted by Gasteiger charge is -2.38. The Morgan fingerprint density at radius 2 is 1.92 bits per heavy atom. The summed E-state index contributed by atoms with van der Waals surface area (Å²) in [6.07, 6.45) is 3.98. The van der Waals surface area contributed by atoms with Gasteiger partial charge in [0, 0.05) is 11.6 Å². The molecule has 0 bridgehead atoms. The van der Waals surface area contributed by atoms with E-state index >= 15 is 0 Å². The van der Waals surface area contributed by atoms with Crippen molar-refractivity contribution in [2.75, 3.05) is 0 Å². The lowest BCUT2D eigenvalue weighted by Crippen LogP contribution is -2.41. The minimum atomic E-state index is -0.320. The third-order valence-electron chi connectivity index (χ3n) is 4.86. The zero-order valence-corrected chi connectivity index (χ0v) is 14.0. The number of fused-ring (bicyclic) bond motifs is 1. The molecule has 1 unspecified atom stereocenters. The first-order valence-corrected chi connectivity index (χ1v) is 8.59. The molecule has 6 nitrogen and oxygen atoms in total. The highest BCUT2D eigenvalue weighted by atomic mass is 16.3. The number of nitrogens with one attached hydrogen (secondary N) is 1. The Morgan fingerprint density at radius 1 is 1.12 bits per heavy atom. The van der Waals surface area contributed by atoms with Crippen molar-refractivity contribution >= 4 is 16.8 Å². The summed E-state index contributed by atoms with van der Waals surface area (Å²) in [6.45, 7) is 0. The van der Waals surface area contributed by atoms with Gasteiger partial charge in [0.25, 0.3) is 5.91 Å². The van der Waals surface area contributed by atoms with Crippen molar-refractivity contribution in [3.63, 3.8) is 0 Å². The van der Waals surface area contributed by atoms with E-state index in [2.05, 4.69) is 15.3 Å². The maximum Gasteiger partial charge on any atom is 0.270 e. The number of aromatic nitrogens is 2. The summed E-state index contributed by atoms with van der Waals surface area (Å²) in [6, 6.07) is 12.5. The molecule has 132 valence electrons. The van der Waals surface area contributed by atoms with Gasteiger partial charge in [-0.3, -0.25) is 9.78 Å². The molecule has 0 spiro atoms. The van der Waals surface area contributed by atoms with Crippen molar-refractivity contribution < 1.29 is 15.0 Å². The number of hydrogen-bond acceptors (Lipinski definition) is 5. The van der Waals surface area contributed by atoms with E-state index in [4.69, 9.17) is 0 Å². The van der Waals surface area contributed by atoms with Crippen LogP contribution in [-0.4, -0.2) is 32.2 Å². The SMILES string of the molecule is O=C(NC(c1cnc2ccccc2c1)C1CC(O)C1)c1ccc(O)cn1. The van der Waals surface area contributed by atoms with Crippen LogP contribution < -0.4 is 5.32 Å². The number of carbonyl (C=O) groups excluding carboxylic acids is 1. The molecular formula is C20H19N3O3. The van der Waals surface area contributed by atoms with Gasteiger partial charge in [-0.05, 0) is 48.6 Å². The standard InChI is InChI=1S/C20H19N3O3/c24-15-5-6-18(22-11-15)20(26)23-19(13-8-16(25)9-13)14-7-12-3-1-2-4-17(12)21-10-14/h1-7,10-11,13,16,19,24-25H,8-9H2,(H,23,26). The van der Waals surface area contributed by atoms with Gasteiger partial charge in [-0.25, -0.2) is 4.98 Å². The Balaban J connectivity index is 1.63. The van der Waals surface area contributed by atoms with Gasteiger partial charge in [0.2, 0.25) is 0 Å². The monoisotopic (exact) mass is 349 g/mol. The fraction of sp³-hybridized carbons (Fsp3) is 0.250. The number of carbonyl (C=O) groups is 1. The number of amides is 1. The van der Waals surface area contributed by atoms with Crippen LogP contribution in [0, 0.1) is 5.92 Å². The fourth-order valence-electron chi connectivity index (χ4n) is 3.37. The van der Waals surface area contributed by atoms with Gasteiger partial charge in [-0.15, -0.1) is 0 Å². The Kier molecular flexibility index (Phi) is 4.26. The molecular weight excluding hydrogens is 330 g/mol. The van der Waals surface area contributed by atoms with Crippen LogP contribution in [0.1, 0.15) is 34.9 Å². The van der Waals surface area contributed by atoms with Crippen molar-refractivity contribution in [1.82, 2.24) is 15.3 Å². The fourth-order valence-corrected chi connectivity index (χ4v) is 3.37. The molecule has 1 aromatic carbocycles. The van der Waals surface area contributed by atoms with Crippen LogP contribution in [0.15, 0.2) is 54.9 Å². The molecule has 0 saturated heterocycles. The first kappa shape index (κ1) is 16.5. The molecule has 3 N–H and O–H groups in total. The Morgan fingerprint density at radius 3 is 2.65 bits per heavy atom. The molecule has 1 fully saturated rings. The Bertz CT molecular complexity index is 936. The second kappa shape index (κ2) is 6.72. The molecule has 1 aliphatic carbocycles. The third kappa shape index (κ3) is 3.23. The summed E-state index contributed by atoms with van der Waals surface area (Å²) in [4.78, 5) is 21.0. The highest BCUT2D eigenvalue weighted by Gasteiger charge is 2.36. The minimum Gasteiger partial charge on any atom is -0.506 e. The molecule has 1 atom stereocenters. The topological polar surface area (TPSA) is 95.3 Å². The summed E-state index contributed by atoms with van der Waals surface area (Å²) in [5.74, 6) is -0.155. The second-order valence-electron chi connectivity index (χ2n) is 6.70. The largest absolute Gasteiger partial charge is 0.506 e. The van der Waals surface area contributed by atoms with E-state index < -0.39 is 0 Å². The van der Waals surface area contributed by atoms with Gasteiger partial charge in [-0.2, -0.15) is 0 Å². The van der Waals surface area contributed by atoms with Gasteiger partial charge in [0.1, 0.15) is 11.4 Å². The Hall–Kier alpha value is -2.99. The molecule has 1 aliphatic rings. The molecule has 4 rings (SSSR count). The predicted molar refractivity (Wildman–Crippen MR) is 96.6 cm³/mol. The number of aromatic hydroxyl groups is 1. The summed E-state index contributed by atoms with van der Waals surface area (Å²) < 4.78 is 0. The highest BCUT2D eigenvalue weighted by Crippen LogP contribution is 2.38. The zero-order chi connectivity index (χ0) is 18.1. The average molecular weight is 349 g/mol. The molecule has 26 heavy (non-hydrogen) atoms. The number of aliphatic hydroxyl groups is 1. The molecule has 0 radical (unpaired) electrons. The zero-order valence-electron chi connectivity index (χ0n) is 14.0. The summed E-state index contributed by atoms with van der Waals surface area (Å²) in [7, 11) is 0. The highest BCUT2D eigenvalue weighted by molar-refractivity contribution is 5.92. The first-order valence-electron chi connectivity index (χ1n) is 8.59. The number of benzene rings is 1. The van der Waals surface area contributed by atoms with Crippen LogP contribution >= 0.6 is 0 Å². The molecule has 1 amide bonds. The van der Waals surface area contributed by atoms with Crippen molar-refractivity contribution in [1.29, 1.82) is 0 Å². The molecule has 3 aromatic rings. The smallest absolute Gasteiger partial charge is 0.270 e. The van der Waals surface area contributed by atoms with Gasteiger partial charge in [0.05, 0.1) is 23.9 Å². The van der Waals surface area contributed by atoms with E-state index in [9.17, 15) is 15.0 Å². The molecule has 6 heteroatoms. The van der Waals surface area contributed by atoms with Crippen LogP contribution in [0.4, 0.5) is 0 Å². The second-order valence-corrected chi connectivity index (χ2v) is 6.70. The molecule has 2 heterocycles. The number of pyridine rings is 2. The van der Waals surface area contributed by atoms with E-state index in [-0.39, 0.29) is 35.4 Å². The van der Waals surface area contributed by atoms with Crippen LogP contribution in [0.5, 0.6) is 5.75 Å². The summed E-state index contributed by atoms with van der Waals surface area (Å²) in [5, 5.41) is 23.1. The van der Waals surface area contributed by atoms with E-state index in [1.54, 1.807) is 6.20 Å². The summed E-state index contributed by atoms with van der Waals surface area (Å²) in [5.41, 5.74) is 2.05. The van der Waals surface area contributed by atoms with Crippen molar-refractivity contribution in [3.8, 4) is 5.75 Å². The van der Waals surface area contributed by atoms with Crippen molar-refractivity contribution in [2.45, 2.75) is 25.0 Å². The molecule has 0 aliphatic heterocycles. The molecule has 1 saturated carbocycles. The van der Waals surface area contributed by atoms with Gasteiger partial charge in [-0.1, -0.05) is 18.2 Å². The lowest BCUT2D eigenvalue weighted by molar-refractivity contribution is 0.0234. The van der Waals surface area contributed by atoms with Crippen LogP contribution in [0.25, 0.3) is 10.9 Å². The van der Waals surface area contributed by atoms with E-state index in [0.717, 1.165) is 16.5 Å². The van der Waals surface area contributed by atoms with E-state index in [1.807, 2.05) is 30.3 Å². The van der Waals surface area contributed by atoms with Crippen LogP contribution in [0.3, 0.4) is 0 Å². The average Bonchev–Trinajstić information content (AvgIpc) is 2.64. The normalized spacial score (nSPS) is 20.3. The number of para-hydroxylation sites is 1. The number of rotatable bonds is 4. The van der Waals surface area contributed by atoms with Gasteiger partial charge >= 0.3 is 0 Å². The number of nitrogens with zero attached hydrogens (tertiary/aromatic N) is 2. The minimum absolute atomic E-state index is 0.0129.